The zero-order valence-electron chi connectivity index (χ0n) is 21.2. The van der Waals surface area contributed by atoms with Gasteiger partial charge in [-0.1, -0.05) is 18.2 Å². The second-order valence-corrected chi connectivity index (χ2v) is 10.1. The highest BCUT2D eigenvalue weighted by Gasteiger charge is 2.51. The van der Waals surface area contributed by atoms with E-state index < -0.39 is 41.3 Å². The van der Waals surface area contributed by atoms with Gasteiger partial charge in [-0.25, -0.2) is 13.8 Å². The Kier molecular flexibility index (Phi) is 6.53. The molecule has 8 nitrogen and oxygen atoms in total. The first-order valence-electron chi connectivity index (χ1n) is 11.7. The average molecular weight is 493 g/mol. The van der Waals surface area contributed by atoms with Crippen molar-refractivity contribution < 1.29 is 18.5 Å². The normalized spacial score (nSPS) is 16.4. The molecule has 1 aliphatic rings. The molecule has 4 rings (SSSR count). The fourth-order valence-corrected chi connectivity index (χ4v) is 3.84. The highest BCUT2D eigenvalue weighted by Crippen LogP contribution is 2.36. The number of amides is 1. The van der Waals surface area contributed by atoms with Crippen LogP contribution in [0.25, 0.3) is 5.69 Å². The van der Waals surface area contributed by atoms with E-state index in [9.17, 15) is 18.8 Å². The van der Waals surface area contributed by atoms with Crippen LogP contribution in [0.5, 0.6) is 0 Å². The van der Waals surface area contributed by atoms with Crippen LogP contribution in [0.15, 0.2) is 64.3 Å². The summed E-state index contributed by atoms with van der Waals surface area (Å²) in [5.74, 6) is -1.30. The molecule has 0 saturated carbocycles. The molecule has 0 atom stereocenters. The van der Waals surface area contributed by atoms with Crippen molar-refractivity contribution in [2.45, 2.75) is 58.8 Å². The summed E-state index contributed by atoms with van der Waals surface area (Å²) in [6.45, 7) is 11.4. The lowest BCUT2D eigenvalue weighted by Gasteiger charge is -2.32. The van der Waals surface area contributed by atoms with E-state index in [0.717, 1.165) is 16.1 Å². The molecule has 0 aliphatic carbocycles. The van der Waals surface area contributed by atoms with Crippen molar-refractivity contribution in [1.29, 1.82) is 0 Å². The Labute approximate surface area is 208 Å². The number of carbonyl (C=O) groups is 1. The number of hydrogen-bond acceptors (Lipinski definition) is 5. The van der Waals surface area contributed by atoms with Gasteiger partial charge in [-0.2, -0.15) is 0 Å². The van der Waals surface area contributed by atoms with Gasteiger partial charge in [0.1, 0.15) is 11.4 Å². The minimum Gasteiger partial charge on any atom is -0.399 e. The Morgan fingerprint density at radius 2 is 1.61 bits per heavy atom. The molecule has 0 unspecified atom stereocenters. The van der Waals surface area contributed by atoms with Gasteiger partial charge in [0.15, 0.2) is 0 Å². The Balaban J connectivity index is 1.64. The van der Waals surface area contributed by atoms with Gasteiger partial charge in [0, 0.05) is 17.9 Å². The molecule has 0 radical (unpaired) electrons. The smallest absolute Gasteiger partial charge is 0.399 e. The molecule has 1 fully saturated rings. The highest BCUT2D eigenvalue weighted by atomic mass is 19.1. The second kappa shape index (κ2) is 9.18. The molecule has 36 heavy (non-hydrogen) atoms. The Bertz CT molecular complexity index is 1410. The molecule has 1 aromatic heterocycles. The number of rotatable bonds is 5. The molecule has 1 N–H and O–H groups in total. The lowest BCUT2D eigenvalue weighted by Crippen LogP contribution is -2.42. The van der Waals surface area contributed by atoms with Crippen LogP contribution in [0.4, 0.5) is 10.1 Å². The number of aromatic nitrogens is 2. The Morgan fingerprint density at radius 1 is 1.00 bits per heavy atom. The number of carbonyl (C=O) groups excluding carboxylic acids is 1. The van der Waals surface area contributed by atoms with Crippen LogP contribution in [0.2, 0.25) is 0 Å². The summed E-state index contributed by atoms with van der Waals surface area (Å²) >= 11 is 0. The summed E-state index contributed by atoms with van der Waals surface area (Å²) in [7, 11) is -0.548. The van der Waals surface area contributed by atoms with Crippen LogP contribution in [-0.4, -0.2) is 33.4 Å². The third kappa shape index (κ3) is 4.66. The SMILES string of the molecule is CC(C)n1cc(C(=O)Nc2ccc(B3OC(C)(C)C(C)(C)O3)cc2)c(=O)n(-c2cccc(F)c2)c1=O. The van der Waals surface area contributed by atoms with Crippen molar-refractivity contribution in [3.63, 3.8) is 0 Å². The molecular formula is C26H29BFN3O5. The maximum Gasteiger partial charge on any atom is 0.494 e. The van der Waals surface area contributed by atoms with Gasteiger partial charge in [-0.15, -0.1) is 0 Å². The van der Waals surface area contributed by atoms with E-state index in [4.69, 9.17) is 9.31 Å². The van der Waals surface area contributed by atoms with Crippen molar-refractivity contribution >= 4 is 24.2 Å². The van der Waals surface area contributed by atoms with E-state index in [2.05, 4.69) is 5.32 Å². The predicted octanol–water partition coefficient (Wildman–Crippen LogP) is 3.27. The quantitative estimate of drug-likeness (QED) is 0.551. The third-order valence-corrected chi connectivity index (χ3v) is 6.68. The zero-order valence-corrected chi connectivity index (χ0v) is 21.2. The number of hydrogen-bond donors (Lipinski definition) is 1. The number of anilines is 1. The summed E-state index contributed by atoms with van der Waals surface area (Å²) in [5.41, 5.74) is -1.44. The van der Waals surface area contributed by atoms with Crippen molar-refractivity contribution in [1.82, 2.24) is 9.13 Å². The van der Waals surface area contributed by atoms with Gasteiger partial charge in [0.2, 0.25) is 0 Å². The molecule has 1 saturated heterocycles. The van der Waals surface area contributed by atoms with Crippen molar-refractivity contribution in [2.75, 3.05) is 5.32 Å². The monoisotopic (exact) mass is 493 g/mol. The molecular weight excluding hydrogens is 464 g/mol. The fraction of sp³-hybridized carbons (Fsp3) is 0.346. The zero-order chi connectivity index (χ0) is 26.4. The predicted molar refractivity (Wildman–Crippen MR) is 137 cm³/mol. The number of nitrogens with zero attached hydrogens (tertiary/aromatic N) is 2. The maximum absolute atomic E-state index is 13.8. The van der Waals surface area contributed by atoms with Crippen LogP contribution in [-0.2, 0) is 9.31 Å². The van der Waals surface area contributed by atoms with Gasteiger partial charge in [0.25, 0.3) is 11.5 Å². The first-order chi connectivity index (χ1) is 16.8. The molecule has 2 heterocycles. The Morgan fingerprint density at radius 3 is 2.17 bits per heavy atom. The Hall–Kier alpha value is -3.50. The van der Waals surface area contributed by atoms with Crippen LogP contribution in [0.3, 0.4) is 0 Å². The average Bonchev–Trinajstić information content (AvgIpc) is 3.01. The van der Waals surface area contributed by atoms with Crippen molar-refractivity contribution in [3.8, 4) is 5.69 Å². The summed E-state index contributed by atoms with van der Waals surface area (Å²) in [6, 6.07) is 11.7. The molecule has 3 aromatic rings. The van der Waals surface area contributed by atoms with E-state index in [-0.39, 0.29) is 17.3 Å². The largest absolute Gasteiger partial charge is 0.494 e. The highest BCUT2D eigenvalue weighted by molar-refractivity contribution is 6.62. The minimum absolute atomic E-state index is 0.0424. The fourth-order valence-electron chi connectivity index (χ4n) is 3.84. The first kappa shape index (κ1) is 25.6. The molecule has 188 valence electrons. The third-order valence-electron chi connectivity index (χ3n) is 6.68. The molecule has 0 bridgehead atoms. The minimum atomic E-state index is -0.839. The first-order valence-corrected chi connectivity index (χ1v) is 11.7. The van der Waals surface area contributed by atoms with E-state index in [1.807, 2.05) is 27.7 Å². The lowest BCUT2D eigenvalue weighted by molar-refractivity contribution is 0.00578. The molecule has 1 aliphatic heterocycles. The summed E-state index contributed by atoms with van der Waals surface area (Å²) in [4.78, 5) is 39.3. The standard InChI is InChI=1S/C26H29BFN3O5/c1-16(2)30-15-21(23(33)31(24(30)34)20-9-7-8-18(28)14-20)22(32)29-19-12-10-17(11-13-19)27-35-25(3,4)26(5,6)36-27/h7-16H,1-6H3,(H,29,32). The molecule has 10 heteroatoms. The second-order valence-electron chi connectivity index (χ2n) is 10.1. The summed E-state index contributed by atoms with van der Waals surface area (Å²) in [5, 5.41) is 2.70. The van der Waals surface area contributed by atoms with Crippen molar-refractivity contribution in [2.24, 2.45) is 0 Å². The van der Waals surface area contributed by atoms with Crippen LogP contribution >= 0.6 is 0 Å². The van der Waals surface area contributed by atoms with Crippen molar-refractivity contribution in [3.05, 3.63) is 86.9 Å². The summed E-state index contributed by atoms with van der Waals surface area (Å²) in [6.07, 6.45) is 1.24. The maximum atomic E-state index is 13.8. The van der Waals surface area contributed by atoms with E-state index in [1.165, 1.54) is 29.0 Å². The van der Waals surface area contributed by atoms with E-state index >= 15 is 0 Å². The van der Waals surface area contributed by atoms with Crippen LogP contribution < -0.4 is 22.0 Å². The summed E-state index contributed by atoms with van der Waals surface area (Å²) < 4.78 is 28.0. The van der Waals surface area contributed by atoms with Crippen LogP contribution in [0, 0.1) is 5.82 Å². The topological polar surface area (TPSA) is 91.6 Å². The van der Waals surface area contributed by atoms with Gasteiger partial charge < -0.3 is 14.6 Å². The number of nitrogens with one attached hydrogen (secondary N) is 1. The van der Waals surface area contributed by atoms with Crippen LogP contribution in [0.1, 0.15) is 57.9 Å². The molecule has 2 aromatic carbocycles. The molecule has 1 amide bonds. The number of halogens is 1. The van der Waals surface area contributed by atoms with Gasteiger partial charge in [-0.05, 0) is 77.3 Å². The number of benzene rings is 2. The van der Waals surface area contributed by atoms with E-state index in [1.54, 1.807) is 38.1 Å². The van der Waals surface area contributed by atoms with Gasteiger partial charge >= 0.3 is 12.8 Å². The van der Waals surface area contributed by atoms with Gasteiger partial charge in [0.05, 0.1) is 16.9 Å². The van der Waals surface area contributed by atoms with Gasteiger partial charge in [-0.3, -0.25) is 14.2 Å². The molecule has 0 spiro atoms. The lowest BCUT2D eigenvalue weighted by atomic mass is 9.79. The van der Waals surface area contributed by atoms with E-state index in [0.29, 0.717) is 5.69 Å².